The number of benzene rings is 1. The van der Waals surface area contributed by atoms with E-state index in [4.69, 9.17) is 29.6 Å². The van der Waals surface area contributed by atoms with Crippen molar-refractivity contribution >= 4 is 34.5 Å². The molecule has 116 valence electrons. The molecule has 1 aliphatic heterocycles. The lowest BCUT2D eigenvalue weighted by molar-refractivity contribution is 0.160. The molecule has 1 atom stereocenters. The maximum Gasteiger partial charge on any atom is 0.106 e. The van der Waals surface area contributed by atoms with Crippen LogP contribution in [0.5, 0.6) is 0 Å². The second-order valence-electron chi connectivity index (χ2n) is 5.72. The van der Waals surface area contributed by atoms with E-state index < -0.39 is 0 Å². The summed E-state index contributed by atoms with van der Waals surface area (Å²) in [4.78, 5) is 2.96. The molecule has 3 N–H and O–H groups in total. The van der Waals surface area contributed by atoms with Gasteiger partial charge in [0.2, 0.25) is 0 Å². The van der Waals surface area contributed by atoms with Gasteiger partial charge in [-0.25, -0.2) is 0 Å². The Morgan fingerprint density at radius 1 is 1.48 bits per heavy atom. The summed E-state index contributed by atoms with van der Waals surface area (Å²) < 4.78 is 0. The van der Waals surface area contributed by atoms with Gasteiger partial charge in [-0.1, -0.05) is 30.2 Å². The van der Waals surface area contributed by atoms with Gasteiger partial charge >= 0.3 is 0 Å². The largest absolute Gasteiger partial charge is 0.389 e. The average molecular weight is 326 g/mol. The molecule has 0 radical (unpaired) electrons. The van der Waals surface area contributed by atoms with Crippen LogP contribution in [-0.4, -0.2) is 35.6 Å². The highest BCUT2D eigenvalue weighted by Gasteiger charge is 2.17. The van der Waals surface area contributed by atoms with Crippen molar-refractivity contribution in [2.24, 2.45) is 5.73 Å². The molecule has 21 heavy (non-hydrogen) atoms. The zero-order valence-electron chi connectivity index (χ0n) is 12.6. The van der Waals surface area contributed by atoms with E-state index in [0.717, 1.165) is 36.8 Å². The normalized spacial score (nSPS) is 19.4. The van der Waals surface area contributed by atoms with Gasteiger partial charge in [0.05, 0.1) is 0 Å². The first kappa shape index (κ1) is 16.5. The number of rotatable bonds is 6. The summed E-state index contributed by atoms with van der Waals surface area (Å²) in [7, 11) is 0. The van der Waals surface area contributed by atoms with Gasteiger partial charge in [0.1, 0.15) is 4.99 Å². The fourth-order valence-corrected chi connectivity index (χ4v) is 3.21. The first-order valence-electron chi connectivity index (χ1n) is 7.65. The molecule has 0 bridgehead atoms. The number of anilines is 1. The molecule has 3 nitrogen and oxygen atoms in total. The zero-order chi connectivity index (χ0) is 15.2. The maximum absolute atomic E-state index is 5.99. The Hall–Kier alpha value is -0.840. The van der Waals surface area contributed by atoms with Crippen molar-refractivity contribution in [1.29, 1.82) is 0 Å². The summed E-state index contributed by atoms with van der Waals surface area (Å²) in [5.41, 5.74) is 7.54. The SMILES string of the molecule is CC1CCCCN1CCCNc1ccc(Cl)cc1C(N)=S. The molecule has 0 aromatic heterocycles. The number of nitrogens with zero attached hydrogens (tertiary/aromatic N) is 1. The van der Waals surface area contributed by atoms with Crippen molar-refractivity contribution in [3.63, 3.8) is 0 Å². The number of hydrogen-bond donors (Lipinski definition) is 2. The van der Waals surface area contributed by atoms with Crippen LogP contribution in [0.4, 0.5) is 5.69 Å². The van der Waals surface area contributed by atoms with Gasteiger partial charge in [-0.3, -0.25) is 0 Å². The number of halogens is 1. The Balaban J connectivity index is 1.82. The van der Waals surface area contributed by atoms with E-state index in [1.54, 1.807) is 0 Å². The van der Waals surface area contributed by atoms with Gasteiger partial charge < -0.3 is 16.0 Å². The minimum absolute atomic E-state index is 0.379. The third-order valence-corrected chi connectivity index (χ3v) is 4.58. The lowest BCUT2D eigenvalue weighted by atomic mass is 10.0. The van der Waals surface area contributed by atoms with Crippen LogP contribution in [0.2, 0.25) is 5.02 Å². The van der Waals surface area contributed by atoms with E-state index in [9.17, 15) is 0 Å². The lowest BCUT2D eigenvalue weighted by Gasteiger charge is -2.33. The molecule has 2 rings (SSSR count). The van der Waals surface area contributed by atoms with Crippen molar-refractivity contribution in [1.82, 2.24) is 4.90 Å². The third-order valence-electron chi connectivity index (χ3n) is 4.13. The highest BCUT2D eigenvalue weighted by atomic mass is 35.5. The number of thiocarbonyl (C=S) groups is 1. The fourth-order valence-electron chi connectivity index (χ4n) is 2.87. The summed E-state index contributed by atoms with van der Waals surface area (Å²) in [5, 5.41) is 4.08. The topological polar surface area (TPSA) is 41.3 Å². The number of nitrogens with two attached hydrogens (primary N) is 1. The van der Waals surface area contributed by atoms with Crippen molar-refractivity contribution in [3.05, 3.63) is 28.8 Å². The zero-order valence-corrected chi connectivity index (χ0v) is 14.1. The van der Waals surface area contributed by atoms with Crippen LogP contribution in [0.1, 0.15) is 38.2 Å². The molecule has 1 aromatic carbocycles. The molecule has 1 heterocycles. The van der Waals surface area contributed by atoms with Crippen LogP contribution in [0.3, 0.4) is 0 Å². The fraction of sp³-hybridized carbons (Fsp3) is 0.562. The molecule has 1 unspecified atom stereocenters. The second-order valence-corrected chi connectivity index (χ2v) is 6.59. The lowest BCUT2D eigenvalue weighted by Crippen LogP contribution is -2.38. The average Bonchev–Trinajstić information content (AvgIpc) is 2.46. The van der Waals surface area contributed by atoms with Gasteiger partial charge in [-0.05, 0) is 50.9 Å². The minimum Gasteiger partial charge on any atom is -0.389 e. The first-order chi connectivity index (χ1) is 10.1. The molecule has 0 saturated carbocycles. The highest BCUT2D eigenvalue weighted by Crippen LogP contribution is 2.21. The molecule has 1 fully saturated rings. The number of hydrogen-bond acceptors (Lipinski definition) is 3. The predicted molar refractivity (Wildman–Crippen MR) is 95.3 cm³/mol. The standard InChI is InChI=1S/C16H24ClN3S/c1-12-5-2-3-9-20(12)10-4-8-19-15-7-6-13(17)11-14(15)16(18)21/h6-7,11-12,19H,2-5,8-10H2,1H3,(H2,18,21). The third kappa shape index (κ3) is 4.83. The smallest absolute Gasteiger partial charge is 0.106 e. The quantitative estimate of drug-likeness (QED) is 0.619. The summed E-state index contributed by atoms with van der Waals surface area (Å²) in [6, 6.07) is 6.35. The van der Waals surface area contributed by atoms with Gasteiger partial charge in [-0.15, -0.1) is 0 Å². The van der Waals surface area contributed by atoms with Gasteiger partial charge in [0, 0.05) is 35.4 Å². The van der Waals surface area contributed by atoms with Crippen molar-refractivity contribution in [2.75, 3.05) is 25.0 Å². The van der Waals surface area contributed by atoms with E-state index >= 15 is 0 Å². The Bertz CT molecular complexity index is 492. The van der Waals surface area contributed by atoms with E-state index in [-0.39, 0.29) is 0 Å². The van der Waals surface area contributed by atoms with Crippen LogP contribution in [-0.2, 0) is 0 Å². The molecular weight excluding hydrogens is 302 g/mol. The van der Waals surface area contributed by atoms with E-state index in [0.29, 0.717) is 10.0 Å². The molecule has 1 saturated heterocycles. The van der Waals surface area contributed by atoms with E-state index in [2.05, 4.69) is 17.1 Å². The second kappa shape index (κ2) is 7.97. The van der Waals surface area contributed by atoms with Crippen LogP contribution >= 0.6 is 23.8 Å². The van der Waals surface area contributed by atoms with Crippen molar-refractivity contribution < 1.29 is 0 Å². The minimum atomic E-state index is 0.379. The molecule has 0 amide bonds. The van der Waals surface area contributed by atoms with E-state index in [1.807, 2.05) is 18.2 Å². The first-order valence-corrected chi connectivity index (χ1v) is 8.44. The summed E-state index contributed by atoms with van der Waals surface area (Å²) >= 11 is 11.1. The molecule has 1 aromatic rings. The predicted octanol–water partition coefficient (Wildman–Crippen LogP) is 3.65. The number of piperidine rings is 1. The summed E-state index contributed by atoms with van der Waals surface area (Å²) in [6.07, 6.45) is 5.15. The molecule has 0 spiro atoms. The van der Waals surface area contributed by atoms with Crippen molar-refractivity contribution in [3.8, 4) is 0 Å². The number of likely N-dealkylation sites (tertiary alicyclic amines) is 1. The van der Waals surface area contributed by atoms with Crippen LogP contribution in [0, 0.1) is 0 Å². The summed E-state index contributed by atoms with van der Waals surface area (Å²) in [5.74, 6) is 0. The summed E-state index contributed by atoms with van der Waals surface area (Å²) in [6.45, 7) is 5.63. The molecule has 5 heteroatoms. The molecule has 0 aliphatic carbocycles. The maximum atomic E-state index is 5.99. The van der Waals surface area contributed by atoms with Gasteiger partial charge in [0.25, 0.3) is 0 Å². The number of nitrogens with one attached hydrogen (secondary N) is 1. The van der Waals surface area contributed by atoms with Gasteiger partial charge in [0.15, 0.2) is 0 Å². The molecule has 1 aliphatic rings. The Morgan fingerprint density at radius 2 is 2.29 bits per heavy atom. The van der Waals surface area contributed by atoms with E-state index in [1.165, 1.54) is 25.8 Å². The van der Waals surface area contributed by atoms with Gasteiger partial charge in [-0.2, -0.15) is 0 Å². The highest BCUT2D eigenvalue weighted by molar-refractivity contribution is 7.80. The van der Waals surface area contributed by atoms with Crippen LogP contribution in [0.25, 0.3) is 0 Å². The van der Waals surface area contributed by atoms with Crippen LogP contribution in [0.15, 0.2) is 18.2 Å². The molecular formula is C16H24ClN3S. The Morgan fingerprint density at radius 3 is 3.00 bits per heavy atom. The monoisotopic (exact) mass is 325 g/mol. The van der Waals surface area contributed by atoms with Crippen LogP contribution < -0.4 is 11.1 Å². The Kier molecular flexibility index (Phi) is 6.27. The van der Waals surface area contributed by atoms with Crippen molar-refractivity contribution in [2.45, 2.75) is 38.6 Å². The Labute approximate surface area is 137 Å².